The van der Waals surface area contributed by atoms with E-state index in [9.17, 15) is 0 Å². The summed E-state index contributed by atoms with van der Waals surface area (Å²) < 4.78 is 2.81. The van der Waals surface area contributed by atoms with Crippen LogP contribution >= 0.6 is 22.6 Å². The molecular formula is C14H19IN6. The summed E-state index contributed by atoms with van der Waals surface area (Å²) >= 11 is 2.24. The van der Waals surface area contributed by atoms with Gasteiger partial charge in [0.2, 0.25) is 5.95 Å². The number of halogens is 1. The Labute approximate surface area is 137 Å². The summed E-state index contributed by atoms with van der Waals surface area (Å²) in [4.78, 5) is 11.8. The lowest BCUT2D eigenvalue weighted by atomic mass is 10.1. The van der Waals surface area contributed by atoms with Gasteiger partial charge in [-0.15, -0.1) is 0 Å². The summed E-state index contributed by atoms with van der Waals surface area (Å²) in [6.07, 6.45) is 5.97. The third-order valence-corrected chi connectivity index (χ3v) is 5.23. The van der Waals surface area contributed by atoms with E-state index in [1.165, 1.54) is 19.3 Å². The molecule has 1 N–H and O–H groups in total. The number of piperazine rings is 1. The lowest BCUT2D eigenvalue weighted by Crippen LogP contribution is -2.52. The van der Waals surface area contributed by atoms with Crippen LogP contribution in [0.3, 0.4) is 0 Å². The minimum absolute atomic E-state index is 0.524. The summed E-state index contributed by atoms with van der Waals surface area (Å²) in [6.45, 7) is 3.03. The monoisotopic (exact) mass is 398 g/mol. The van der Waals surface area contributed by atoms with Gasteiger partial charge in [0.25, 0.3) is 0 Å². The molecule has 4 rings (SSSR count). The smallest absolute Gasteiger partial charge is 0.227 e. The molecular weight excluding hydrogens is 379 g/mol. The molecule has 1 unspecified atom stereocenters. The molecule has 2 aliphatic rings. The van der Waals surface area contributed by atoms with Gasteiger partial charge >= 0.3 is 0 Å². The van der Waals surface area contributed by atoms with E-state index in [4.69, 9.17) is 4.98 Å². The number of nitrogens with one attached hydrogen (secondary N) is 1. The fraction of sp³-hybridized carbons (Fsp3) is 0.643. The Kier molecular flexibility index (Phi) is 3.49. The Balaban J connectivity index is 1.67. The van der Waals surface area contributed by atoms with E-state index in [0.29, 0.717) is 6.04 Å². The van der Waals surface area contributed by atoms with Gasteiger partial charge in [0, 0.05) is 38.9 Å². The molecule has 1 atom stereocenters. The minimum Gasteiger partial charge on any atom is -0.335 e. The molecule has 0 aromatic carbocycles. The van der Waals surface area contributed by atoms with Crippen LogP contribution in [0.25, 0.3) is 11.0 Å². The van der Waals surface area contributed by atoms with Gasteiger partial charge < -0.3 is 10.2 Å². The van der Waals surface area contributed by atoms with E-state index in [-0.39, 0.29) is 0 Å². The molecule has 0 bridgehead atoms. The van der Waals surface area contributed by atoms with E-state index in [0.717, 1.165) is 46.2 Å². The number of aromatic nitrogens is 4. The Morgan fingerprint density at radius 1 is 1.43 bits per heavy atom. The molecule has 1 aliphatic heterocycles. The van der Waals surface area contributed by atoms with Gasteiger partial charge in [-0.05, 0) is 34.9 Å². The maximum Gasteiger partial charge on any atom is 0.227 e. The van der Waals surface area contributed by atoms with Crippen LogP contribution in [0.5, 0.6) is 0 Å². The summed E-state index contributed by atoms with van der Waals surface area (Å²) in [5, 5.41) is 8.97. The van der Waals surface area contributed by atoms with Crippen molar-refractivity contribution in [3.8, 4) is 0 Å². The zero-order chi connectivity index (χ0) is 14.4. The highest BCUT2D eigenvalue weighted by molar-refractivity contribution is 14.1. The fourth-order valence-electron chi connectivity index (χ4n) is 3.10. The van der Waals surface area contributed by atoms with Crippen molar-refractivity contribution < 1.29 is 0 Å². The lowest BCUT2D eigenvalue weighted by Gasteiger charge is -2.36. The van der Waals surface area contributed by atoms with Gasteiger partial charge in [0.05, 0.1) is 5.39 Å². The molecule has 1 saturated carbocycles. The molecule has 2 aromatic rings. The molecule has 21 heavy (non-hydrogen) atoms. The Morgan fingerprint density at radius 2 is 2.29 bits per heavy atom. The zero-order valence-corrected chi connectivity index (χ0v) is 14.2. The van der Waals surface area contributed by atoms with Crippen molar-refractivity contribution in [2.75, 3.05) is 24.5 Å². The third-order valence-electron chi connectivity index (χ3n) is 4.43. The normalized spacial score (nSPS) is 23.0. The van der Waals surface area contributed by atoms with E-state index in [2.05, 4.69) is 42.9 Å². The Hall–Kier alpha value is -0.960. The topological polar surface area (TPSA) is 58.9 Å². The van der Waals surface area contributed by atoms with Gasteiger partial charge in [-0.25, -0.2) is 9.67 Å². The summed E-state index contributed by atoms with van der Waals surface area (Å²) in [7, 11) is 1.95. The van der Waals surface area contributed by atoms with Crippen LogP contribution in [-0.4, -0.2) is 45.4 Å². The highest BCUT2D eigenvalue weighted by atomic mass is 127. The average Bonchev–Trinajstić information content (AvgIpc) is 3.26. The third kappa shape index (κ3) is 2.61. The molecule has 0 spiro atoms. The standard InChI is InChI=1S/C14H19IN6/c1-20-13-11(12(15)19-20)8-17-14(18-13)21-5-4-16-7-10(21)6-9-2-3-9/h8-10,16H,2-7H2,1H3. The van der Waals surface area contributed by atoms with Crippen molar-refractivity contribution in [3.63, 3.8) is 0 Å². The largest absolute Gasteiger partial charge is 0.335 e. The van der Waals surface area contributed by atoms with Crippen LogP contribution in [0.2, 0.25) is 0 Å². The second-order valence-electron chi connectivity index (χ2n) is 6.05. The van der Waals surface area contributed by atoms with Crippen molar-refractivity contribution in [2.45, 2.75) is 25.3 Å². The molecule has 2 fully saturated rings. The molecule has 112 valence electrons. The van der Waals surface area contributed by atoms with Crippen LogP contribution in [0.1, 0.15) is 19.3 Å². The first kappa shape index (κ1) is 13.7. The van der Waals surface area contributed by atoms with Crippen LogP contribution in [-0.2, 0) is 7.05 Å². The summed E-state index contributed by atoms with van der Waals surface area (Å²) in [5.41, 5.74) is 0.924. The number of rotatable bonds is 3. The van der Waals surface area contributed by atoms with E-state index in [1.54, 1.807) is 0 Å². The van der Waals surface area contributed by atoms with Crippen LogP contribution in [0.4, 0.5) is 5.95 Å². The maximum absolute atomic E-state index is 4.78. The van der Waals surface area contributed by atoms with Gasteiger partial charge in [-0.3, -0.25) is 0 Å². The minimum atomic E-state index is 0.524. The lowest BCUT2D eigenvalue weighted by molar-refractivity contribution is 0.431. The molecule has 0 amide bonds. The number of hydrogen-bond acceptors (Lipinski definition) is 5. The Morgan fingerprint density at radius 3 is 3.10 bits per heavy atom. The second-order valence-corrected chi connectivity index (χ2v) is 7.07. The van der Waals surface area contributed by atoms with Crippen LogP contribution in [0, 0.1) is 9.62 Å². The Bertz CT molecular complexity index is 665. The molecule has 1 saturated heterocycles. The zero-order valence-electron chi connectivity index (χ0n) is 12.1. The van der Waals surface area contributed by atoms with Crippen molar-refractivity contribution >= 4 is 39.6 Å². The van der Waals surface area contributed by atoms with Crippen molar-refractivity contribution in [2.24, 2.45) is 13.0 Å². The first-order valence-corrected chi connectivity index (χ1v) is 8.63. The number of aryl methyl sites for hydroxylation is 1. The van der Waals surface area contributed by atoms with Crippen LogP contribution in [0.15, 0.2) is 6.20 Å². The van der Waals surface area contributed by atoms with E-state index >= 15 is 0 Å². The molecule has 0 radical (unpaired) electrons. The molecule has 7 heteroatoms. The number of anilines is 1. The number of fused-ring (bicyclic) bond motifs is 1. The summed E-state index contributed by atoms with van der Waals surface area (Å²) in [5.74, 6) is 1.77. The average molecular weight is 398 g/mol. The predicted octanol–water partition coefficient (Wildman–Crippen LogP) is 1.55. The van der Waals surface area contributed by atoms with Gasteiger partial charge in [0.1, 0.15) is 3.70 Å². The van der Waals surface area contributed by atoms with Gasteiger partial charge in [-0.1, -0.05) is 12.8 Å². The molecule has 1 aliphatic carbocycles. The van der Waals surface area contributed by atoms with Crippen molar-refractivity contribution in [1.82, 2.24) is 25.1 Å². The molecule has 6 nitrogen and oxygen atoms in total. The SMILES string of the molecule is Cn1nc(I)c2cnc(N3CCNCC3CC3CC3)nc21. The first-order chi connectivity index (χ1) is 10.2. The van der Waals surface area contributed by atoms with Gasteiger partial charge in [-0.2, -0.15) is 10.1 Å². The van der Waals surface area contributed by atoms with E-state index < -0.39 is 0 Å². The highest BCUT2D eigenvalue weighted by Gasteiger charge is 2.31. The van der Waals surface area contributed by atoms with Crippen LogP contribution < -0.4 is 10.2 Å². The second kappa shape index (κ2) is 5.35. The first-order valence-electron chi connectivity index (χ1n) is 7.55. The van der Waals surface area contributed by atoms with Crippen molar-refractivity contribution in [3.05, 3.63) is 9.90 Å². The summed E-state index contributed by atoms with van der Waals surface area (Å²) in [6, 6.07) is 0.524. The predicted molar refractivity (Wildman–Crippen MR) is 90.4 cm³/mol. The highest BCUT2D eigenvalue weighted by Crippen LogP contribution is 2.35. The number of nitrogens with zero attached hydrogens (tertiary/aromatic N) is 5. The van der Waals surface area contributed by atoms with Crippen molar-refractivity contribution in [1.29, 1.82) is 0 Å². The maximum atomic E-state index is 4.78. The van der Waals surface area contributed by atoms with E-state index in [1.807, 2.05) is 17.9 Å². The quantitative estimate of drug-likeness (QED) is 0.796. The fourth-order valence-corrected chi connectivity index (χ4v) is 3.80. The van der Waals surface area contributed by atoms with Gasteiger partial charge in [0.15, 0.2) is 5.65 Å². The number of hydrogen-bond donors (Lipinski definition) is 1. The molecule has 3 heterocycles. The molecule has 2 aromatic heterocycles.